The predicted octanol–water partition coefficient (Wildman–Crippen LogP) is 2.29. The molecule has 0 radical (unpaired) electrons. The summed E-state index contributed by atoms with van der Waals surface area (Å²) in [5.41, 5.74) is 1.28. The van der Waals surface area contributed by atoms with Crippen LogP contribution in [0.15, 0.2) is 47.4 Å². The first-order valence-corrected chi connectivity index (χ1v) is 6.69. The second-order valence-electron chi connectivity index (χ2n) is 4.64. The van der Waals surface area contributed by atoms with Gasteiger partial charge in [-0.1, -0.05) is 24.3 Å². The van der Waals surface area contributed by atoms with Crippen LogP contribution in [0.1, 0.15) is 24.2 Å². The first kappa shape index (κ1) is 14.3. The van der Waals surface area contributed by atoms with Crippen LogP contribution < -0.4 is 10.3 Å². The summed E-state index contributed by atoms with van der Waals surface area (Å²) in [6, 6.07) is 10.9. The Morgan fingerprint density at radius 1 is 1.25 bits per heavy atom. The van der Waals surface area contributed by atoms with Gasteiger partial charge < -0.3 is 14.4 Å². The molecule has 1 N–H and O–H groups in total. The summed E-state index contributed by atoms with van der Waals surface area (Å²) in [5.74, 6) is 0.656. The van der Waals surface area contributed by atoms with Gasteiger partial charge in [-0.25, -0.2) is 0 Å². The third-order valence-corrected chi connectivity index (χ3v) is 3.16. The average molecular weight is 273 g/mol. The second-order valence-corrected chi connectivity index (χ2v) is 4.64. The van der Waals surface area contributed by atoms with Crippen molar-refractivity contribution in [1.29, 1.82) is 0 Å². The maximum atomic E-state index is 12.0. The third kappa shape index (κ3) is 3.08. The number of hydrogen-bond acceptors (Lipinski definition) is 3. The summed E-state index contributed by atoms with van der Waals surface area (Å²) < 4.78 is 7.02. The molecule has 2 aromatic rings. The van der Waals surface area contributed by atoms with Gasteiger partial charge in [0.1, 0.15) is 11.9 Å². The van der Waals surface area contributed by atoms with Crippen molar-refractivity contribution in [3.8, 4) is 5.75 Å². The molecular weight excluding hydrogens is 254 g/mol. The molecule has 106 valence electrons. The van der Waals surface area contributed by atoms with Gasteiger partial charge in [-0.2, -0.15) is 0 Å². The van der Waals surface area contributed by atoms with E-state index >= 15 is 0 Å². The van der Waals surface area contributed by atoms with Gasteiger partial charge in [0.15, 0.2) is 0 Å². The van der Waals surface area contributed by atoms with Crippen molar-refractivity contribution in [2.75, 3.05) is 6.61 Å². The number of ether oxygens (including phenoxy) is 1. The minimum atomic E-state index is -0.780. The van der Waals surface area contributed by atoms with Gasteiger partial charge in [0.2, 0.25) is 0 Å². The van der Waals surface area contributed by atoms with Crippen LogP contribution in [0.5, 0.6) is 5.75 Å². The van der Waals surface area contributed by atoms with Gasteiger partial charge in [-0.05, 0) is 26.0 Å². The number of rotatable bonds is 5. The van der Waals surface area contributed by atoms with Crippen molar-refractivity contribution in [3.05, 3.63) is 64.1 Å². The van der Waals surface area contributed by atoms with Crippen molar-refractivity contribution in [1.82, 2.24) is 4.57 Å². The quantitative estimate of drug-likeness (QED) is 0.909. The number of aliphatic hydroxyl groups is 1. The molecule has 1 heterocycles. The molecule has 4 heteroatoms. The predicted molar refractivity (Wildman–Crippen MR) is 78.0 cm³/mol. The van der Waals surface area contributed by atoms with Crippen molar-refractivity contribution in [2.45, 2.75) is 26.5 Å². The van der Waals surface area contributed by atoms with E-state index in [1.165, 1.54) is 4.57 Å². The zero-order valence-corrected chi connectivity index (χ0v) is 11.7. The number of aliphatic hydroxyl groups excluding tert-OH is 1. The van der Waals surface area contributed by atoms with Gasteiger partial charge in [-0.3, -0.25) is 4.79 Å². The van der Waals surface area contributed by atoms with E-state index in [0.29, 0.717) is 23.5 Å². The summed E-state index contributed by atoms with van der Waals surface area (Å²) >= 11 is 0. The topological polar surface area (TPSA) is 51.5 Å². The molecule has 0 bridgehead atoms. The number of aromatic nitrogens is 1. The summed E-state index contributed by atoms with van der Waals surface area (Å²) in [4.78, 5) is 12.0. The summed E-state index contributed by atoms with van der Waals surface area (Å²) in [6.07, 6.45) is 0.902. The Hall–Kier alpha value is -2.07. The molecule has 4 nitrogen and oxygen atoms in total. The number of aryl methyl sites for hydroxylation is 1. The maximum Gasteiger partial charge on any atom is 0.253 e. The fraction of sp³-hybridized carbons (Fsp3) is 0.312. The van der Waals surface area contributed by atoms with E-state index in [0.717, 1.165) is 0 Å². The Morgan fingerprint density at radius 3 is 2.75 bits per heavy atom. The number of hydrogen-bond donors (Lipinski definition) is 1. The van der Waals surface area contributed by atoms with Crippen LogP contribution >= 0.6 is 0 Å². The van der Waals surface area contributed by atoms with Crippen LogP contribution in [0.4, 0.5) is 0 Å². The minimum Gasteiger partial charge on any atom is -0.493 e. The molecule has 0 saturated carbocycles. The lowest BCUT2D eigenvalue weighted by Gasteiger charge is -2.17. The van der Waals surface area contributed by atoms with Crippen LogP contribution in [-0.2, 0) is 6.54 Å². The summed E-state index contributed by atoms with van der Waals surface area (Å²) in [5, 5.41) is 10.4. The SMILES string of the molecule is CCOc1ccccc1C(O)Cn1cccc(C)c1=O. The van der Waals surface area contributed by atoms with Crippen molar-refractivity contribution < 1.29 is 9.84 Å². The second kappa shape index (κ2) is 6.39. The van der Waals surface area contributed by atoms with Crippen LogP contribution in [0.3, 0.4) is 0 Å². The molecular formula is C16H19NO3. The van der Waals surface area contributed by atoms with Gasteiger partial charge >= 0.3 is 0 Å². The highest BCUT2D eigenvalue weighted by Gasteiger charge is 2.14. The largest absolute Gasteiger partial charge is 0.493 e. The van der Waals surface area contributed by atoms with Crippen molar-refractivity contribution in [3.63, 3.8) is 0 Å². The van der Waals surface area contributed by atoms with Gasteiger partial charge in [0.05, 0.1) is 13.2 Å². The van der Waals surface area contributed by atoms with E-state index in [4.69, 9.17) is 4.74 Å². The monoisotopic (exact) mass is 273 g/mol. The van der Waals surface area contributed by atoms with E-state index in [9.17, 15) is 9.90 Å². The fourth-order valence-electron chi connectivity index (χ4n) is 2.13. The lowest BCUT2D eigenvalue weighted by Crippen LogP contribution is -2.24. The Kier molecular flexibility index (Phi) is 4.58. The zero-order valence-electron chi connectivity index (χ0n) is 11.7. The molecule has 0 fully saturated rings. The van der Waals surface area contributed by atoms with Crippen molar-refractivity contribution >= 4 is 0 Å². The molecule has 0 saturated heterocycles. The molecule has 0 aliphatic rings. The lowest BCUT2D eigenvalue weighted by atomic mass is 10.1. The molecule has 1 unspecified atom stereocenters. The van der Waals surface area contributed by atoms with Crippen LogP contribution in [0, 0.1) is 6.92 Å². The van der Waals surface area contributed by atoms with E-state index in [-0.39, 0.29) is 12.1 Å². The van der Waals surface area contributed by atoms with Gasteiger partial charge in [0, 0.05) is 17.3 Å². The molecule has 0 amide bonds. The Morgan fingerprint density at radius 2 is 2.00 bits per heavy atom. The smallest absolute Gasteiger partial charge is 0.253 e. The number of para-hydroxylation sites is 1. The molecule has 1 atom stereocenters. The molecule has 1 aromatic carbocycles. The fourth-order valence-corrected chi connectivity index (χ4v) is 2.13. The van der Waals surface area contributed by atoms with Crippen LogP contribution in [0.2, 0.25) is 0 Å². The van der Waals surface area contributed by atoms with E-state index < -0.39 is 6.10 Å². The molecule has 0 aliphatic heterocycles. The standard InChI is InChI=1S/C16H19NO3/c1-3-20-15-9-5-4-8-13(15)14(18)11-17-10-6-7-12(2)16(17)19/h4-10,14,18H,3,11H2,1-2H3. The maximum absolute atomic E-state index is 12.0. The van der Waals surface area contributed by atoms with Gasteiger partial charge in [-0.15, -0.1) is 0 Å². The first-order chi connectivity index (χ1) is 9.63. The zero-order chi connectivity index (χ0) is 14.5. The van der Waals surface area contributed by atoms with E-state index in [2.05, 4.69) is 0 Å². The third-order valence-electron chi connectivity index (χ3n) is 3.16. The number of nitrogens with zero attached hydrogens (tertiary/aromatic N) is 1. The highest BCUT2D eigenvalue weighted by atomic mass is 16.5. The highest BCUT2D eigenvalue weighted by Crippen LogP contribution is 2.25. The van der Waals surface area contributed by atoms with E-state index in [1.54, 1.807) is 25.3 Å². The Bertz CT molecular complexity index is 634. The van der Waals surface area contributed by atoms with E-state index in [1.807, 2.05) is 31.2 Å². The number of pyridine rings is 1. The van der Waals surface area contributed by atoms with Crippen molar-refractivity contribution in [2.24, 2.45) is 0 Å². The highest BCUT2D eigenvalue weighted by molar-refractivity contribution is 5.35. The minimum absolute atomic E-state index is 0.0829. The molecule has 0 aliphatic carbocycles. The molecule has 0 spiro atoms. The van der Waals surface area contributed by atoms with Crippen LogP contribution in [0.25, 0.3) is 0 Å². The molecule has 2 rings (SSSR count). The Balaban J connectivity index is 2.26. The summed E-state index contributed by atoms with van der Waals surface area (Å²) in [7, 11) is 0. The Labute approximate surface area is 118 Å². The first-order valence-electron chi connectivity index (χ1n) is 6.69. The number of benzene rings is 1. The average Bonchev–Trinajstić information content (AvgIpc) is 2.45. The van der Waals surface area contributed by atoms with Gasteiger partial charge in [0.25, 0.3) is 5.56 Å². The van der Waals surface area contributed by atoms with Crippen LogP contribution in [-0.4, -0.2) is 16.3 Å². The lowest BCUT2D eigenvalue weighted by molar-refractivity contribution is 0.150. The normalized spacial score (nSPS) is 12.2. The molecule has 1 aromatic heterocycles. The molecule has 20 heavy (non-hydrogen) atoms. The summed E-state index contributed by atoms with van der Waals surface area (Å²) in [6.45, 7) is 4.41.